The van der Waals surface area contributed by atoms with Crippen molar-refractivity contribution in [3.05, 3.63) is 60.8 Å². The molecule has 5 nitrogen and oxygen atoms in total. The fraction of sp³-hybridized carbons (Fsp3) is 0.745. The molecule has 0 fully saturated rings. The van der Waals surface area contributed by atoms with E-state index in [0.29, 0.717) is 12.8 Å². The number of rotatable bonds is 39. The molecular weight excluding hydrogens is 645 g/mol. The quantitative estimate of drug-likeness (QED) is 0.0388. The Bertz CT molecular complexity index is 915. The molecule has 0 heterocycles. The molecule has 0 aromatic rings. The zero-order valence-electron chi connectivity index (χ0n) is 34.1. The molecule has 0 bridgehead atoms. The summed E-state index contributed by atoms with van der Waals surface area (Å²) in [5.41, 5.74) is 0. The van der Waals surface area contributed by atoms with Gasteiger partial charge in [0.1, 0.15) is 6.61 Å². The van der Waals surface area contributed by atoms with E-state index in [4.69, 9.17) is 9.47 Å². The van der Waals surface area contributed by atoms with Crippen LogP contribution in [0.4, 0.5) is 0 Å². The topological polar surface area (TPSA) is 72.8 Å². The van der Waals surface area contributed by atoms with E-state index in [9.17, 15) is 14.7 Å². The number of aliphatic hydroxyl groups excluding tert-OH is 1. The smallest absolute Gasteiger partial charge is 0.306 e. The molecule has 1 unspecified atom stereocenters. The zero-order chi connectivity index (χ0) is 37.8. The molecule has 0 saturated carbocycles. The first kappa shape index (κ1) is 49.6. The number of carbonyl (C=O) groups is 2. The average Bonchev–Trinajstić information content (AvgIpc) is 3.15. The molecule has 0 amide bonds. The van der Waals surface area contributed by atoms with Gasteiger partial charge in [0.25, 0.3) is 0 Å². The van der Waals surface area contributed by atoms with Gasteiger partial charge in [0, 0.05) is 12.8 Å². The molecule has 0 saturated heterocycles. The van der Waals surface area contributed by atoms with Crippen molar-refractivity contribution in [1.29, 1.82) is 0 Å². The number of carbonyl (C=O) groups excluding carboxylic acids is 2. The SMILES string of the molecule is CC/C=C\C/C=C\C/C=C\C/C=C\C/C=C\CCCCCCCCCCCCCC(=O)OC(CO)COC(=O)CCCCCCCCCCCCC. The van der Waals surface area contributed by atoms with Crippen LogP contribution in [-0.4, -0.2) is 36.4 Å². The summed E-state index contributed by atoms with van der Waals surface area (Å²) in [6.07, 6.45) is 55.8. The van der Waals surface area contributed by atoms with E-state index in [-0.39, 0.29) is 25.2 Å². The Hall–Kier alpha value is -2.40. The molecule has 0 aliphatic heterocycles. The normalized spacial score (nSPS) is 12.8. The molecule has 0 aliphatic rings. The minimum Gasteiger partial charge on any atom is -0.462 e. The minimum atomic E-state index is -0.771. The summed E-state index contributed by atoms with van der Waals surface area (Å²) >= 11 is 0. The summed E-state index contributed by atoms with van der Waals surface area (Å²) in [5.74, 6) is -0.593. The maximum atomic E-state index is 12.2. The number of ether oxygens (including phenoxy) is 2. The van der Waals surface area contributed by atoms with Crippen molar-refractivity contribution >= 4 is 11.9 Å². The van der Waals surface area contributed by atoms with Crippen LogP contribution in [0, 0.1) is 0 Å². The van der Waals surface area contributed by atoms with Gasteiger partial charge in [-0.2, -0.15) is 0 Å². The molecule has 1 N–H and O–H groups in total. The lowest BCUT2D eigenvalue weighted by Gasteiger charge is -2.15. The van der Waals surface area contributed by atoms with Crippen LogP contribution in [-0.2, 0) is 19.1 Å². The highest BCUT2D eigenvalue weighted by molar-refractivity contribution is 5.70. The van der Waals surface area contributed by atoms with Crippen molar-refractivity contribution < 1.29 is 24.2 Å². The second-order valence-electron chi connectivity index (χ2n) is 14.4. The minimum absolute atomic E-state index is 0.0661. The first-order valence-electron chi connectivity index (χ1n) is 21.8. The van der Waals surface area contributed by atoms with E-state index in [1.165, 1.54) is 109 Å². The van der Waals surface area contributed by atoms with Gasteiger partial charge in [-0.15, -0.1) is 0 Å². The first-order chi connectivity index (χ1) is 25.6. The lowest BCUT2D eigenvalue weighted by molar-refractivity contribution is -0.161. The summed E-state index contributed by atoms with van der Waals surface area (Å²) in [5, 5.41) is 9.56. The number of esters is 2. The van der Waals surface area contributed by atoms with Gasteiger partial charge in [-0.25, -0.2) is 0 Å². The van der Waals surface area contributed by atoms with Gasteiger partial charge >= 0.3 is 11.9 Å². The van der Waals surface area contributed by atoms with Gasteiger partial charge in [0.2, 0.25) is 0 Å². The number of allylic oxidation sites excluding steroid dienone is 10. The van der Waals surface area contributed by atoms with E-state index >= 15 is 0 Å². The molecule has 300 valence electrons. The van der Waals surface area contributed by atoms with Crippen LogP contribution in [0.3, 0.4) is 0 Å². The van der Waals surface area contributed by atoms with Crippen LogP contribution in [0.2, 0.25) is 0 Å². The van der Waals surface area contributed by atoms with Gasteiger partial charge in [0.05, 0.1) is 6.61 Å². The molecule has 0 aromatic heterocycles. The molecule has 0 aromatic carbocycles. The van der Waals surface area contributed by atoms with Gasteiger partial charge in [-0.3, -0.25) is 9.59 Å². The third kappa shape index (κ3) is 40.4. The third-order valence-electron chi connectivity index (χ3n) is 9.33. The van der Waals surface area contributed by atoms with E-state index in [2.05, 4.69) is 74.6 Å². The molecule has 0 spiro atoms. The maximum absolute atomic E-state index is 12.2. The maximum Gasteiger partial charge on any atom is 0.306 e. The summed E-state index contributed by atoms with van der Waals surface area (Å²) in [7, 11) is 0. The molecule has 1 atom stereocenters. The highest BCUT2D eigenvalue weighted by Crippen LogP contribution is 2.14. The predicted molar refractivity (Wildman–Crippen MR) is 223 cm³/mol. The molecule has 0 rings (SSSR count). The number of unbranched alkanes of at least 4 members (excludes halogenated alkanes) is 21. The molecule has 5 heteroatoms. The summed E-state index contributed by atoms with van der Waals surface area (Å²) < 4.78 is 10.6. The highest BCUT2D eigenvalue weighted by Gasteiger charge is 2.16. The molecule has 0 aliphatic carbocycles. The number of hydrogen-bond donors (Lipinski definition) is 1. The van der Waals surface area contributed by atoms with Gasteiger partial charge in [0.15, 0.2) is 6.10 Å². The second-order valence-corrected chi connectivity index (χ2v) is 14.4. The monoisotopic (exact) mass is 727 g/mol. The van der Waals surface area contributed by atoms with Crippen molar-refractivity contribution in [1.82, 2.24) is 0 Å². The van der Waals surface area contributed by atoms with Crippen LogP contribution < -0.4 is 0 Å². The van der Waals surface area contributed by atoms with Crippen molar-refractivity contribution in [2.24, 2.45) is 0 Å². The Morgan fingerprint density at radius 1 is 0.462 bits per heavy atom. The number of hydrogen-bond acceptors (Lipinski definition) is 5. The van der Waals surface area contributed by atoms with Gasteiger partial charge < -0.3 is 14.6 Å². The van der Waals surface area contributed by atoms with Crippen LogP contribution in [0.5, 0.6) is 0 Å². The standard InChI is InChI=1S/C47H82O5/c1-3-5-7-9-11-13-15-16-17-18-19-20-21-22-23-24-25-26-27-28-29-30-32-34-36-38-40-42-47(50)52-45(43-48)44-51-46(49)41-39-37-35-33-31-14-12-10-8-6-4-2/h5,7,11,13,16-17,19-20,22-23,45,48H,3-4,6,8-10,12,14-15,18,21,24-44H2,1-2H3/b7-5-,13-11-,17-16-,20-19-,23-22-. The summed E-state index contributed by atoms with van der Waals surface area (Å²) in [6, 6.07) is 0. The lowest BCUT2D eigenvalue weighted by Crippen LogP contribution is -2.28. The second kappa shape index (κ2) is 43.0. The largest absolute Gasteiger partial charge is 0.462 e. The van der Waals surface area contributed by atoms with Crippen LogP contribution >= 0.6 is 0 Å². The van der Waals surface area contributed by atoms with E-state index in [0.717, 1.165) is 70.6 Å². The molecular formula is C47H82O5. The Morgan fingerprint density at radius 2 is 0.827 bits per heavy atom. The van der Waals surface area contributed by atoms with Crippen molar-refractivity contribution in [2.75, 3.05) is 13.2 Å². The summed E-state index contributed by atoms with van der Waals surface area (Å²) in [4.78, 5) is 24.3. The Morgan fingerprint density at radius 3 is 1.25 bits per heavy atom. The van der Waals surface area contributed by atoms with E-state index in [1.54, 1.807) is 0 Å². The molecule has 52 heavy (non-hydrogen) atoms. The zero-order valence-corrected chi connectivity index (χ0v) is 34.1. The van der Waals surface area contributed by atoms with Crippen molar-refractivity contribution in [3.8, 4) is 0 Å². The van der Waals surface area contributed by atoms with Crippen molar-refractivity contribution in [3.63, 3.8) is 0 Å². The average molecular weight is 727 g/mol. The Balaban J connectivity index is 3.52. The number of aliphatic hydroxyl groups is 1. The Kier molecular flexibility index (Phi) is 41.0. The summed E-state index contributed by atoms with van der Waals surface area (Å²) in [6.45, 7) is 4.01. The lowest BCUT2D eigenvalue weighted by atomic mass is 10.0. The first-order valence-corrected chi connectivity index (χ1v) is 21.8. The van der Waals surface area contributed by atoms with E-state index < -0.39 is 6.10 Å². The Labute approximate surface area is 321 Å². The highest BCUT2D eigenvalue weighted by atomic mass is 16.6. The van der Waals surface area contributed by atoms with Gasteiger partial charge in [-0.1, -0.05) is 197 Å². The third-order valence-corrected chi connectivity index (χ3v) is 9.33. The predicted octanol–water partition coefficient (Wildman–Crippen LogP) is 14.0. The van der Waals surface area contributed by atoms with Crippen LogP contribution in [0.15, 0.2) is 60.8 Å². The molecule has 0 radical (unpaired) electrons. The van der Waals surface area contributed by atoms with E-state index in [1.807, 2.05) is 0 Å². The van der Waals surface area contributed by atoms with Crippen molar-refractivity contribution in [2.45, 2.75) is 213 Å². The van der Waals surface area contributed by atoms with Crippen LogP contribution in [0.1, 0.15) is 206 Å². The van der Waals surface area contributed by atoms with Gasteiger partial charge in [-0.05, 0) is 57.8 Å². The fourth-order valence-corrected chi connectivity index (χ4v) is 6.05. The fourth-order valence-electron chi connectivity index (χ4n) is 6.05. The van der Waals surface area contributed by atoms with Crippen LogP contribution in [0.25, 0.3) is 0 Å².